The normalized spacial score (nSPS) is 12.0. The van der Waals surface area contributed by atoms with E-state index in [1.807, 2.05) is 26.0 Å². The van der Waals surface area contributed by atoms with Crippen LogP contribution in [0.3, 0.4) is 0 Å². The Balaban J connectivity index is 2.61. The van der Waals surface area contributed by atoms with Crippen molar-refractivity contribution in [2.24, 2.45) is 5.73 Å². The summed E-state index contributed by atoms with van der Waals surface area (Å²) in [6.45, 7) is 3.80. The second-order valence-electron chi connectivity index (χ2n) is 5.90. The molecule has 0 aliphatic heterocycles. The summed E-state index contributed by atoms with van der Waals surface area (Å²) in [6.07, 6.45) is 1.66. The third-order valence-corrected chi connectivity index (χ3v) is 4.27. The molecule has 128 valence electrons. The number of methoxy groups -OCH3 is 1. The first kappa shape index (κ1) is 18.2. The van der Waals surface area contributed by atoms with Crippen LogP contribution in [0.5, 0.6) is 5.75 Å². The van der Waals surface area contributed by atoms with Gasteiger partial charge in [-0.15, -0.1) is 0 Å². The number of benzene rings is 1. The van der Waals surface area contributed by atoms with Crippen LogP contribution in [0.2, 0.25) is 5.02 Å². The molecule has 1 atom stereocenters. The molecule has 0 aliphatic carbocycles. The minimum Gasteiger partial charge on any atom is -0.496 e. The molecule has 0 unspecified atom stereocenters. The highest BCUT2D eigenvalue weighted by Crippen LogP contribution is 2.41. The largest absolute Gasteiger partial charge is 0.496 e. The van der Waals surface area contributed by atoms with Crippen LogP contribution in [0.25, 0.3) is 11.1 Å². The molecule has 2 rings (SSSR count). The lowest BCUT2D eigenvalue weighted by atomic mass is 9.95. The summed E-state index contributed by atoms with van der Waals surface area (Å²) in [5.74, 6) is 0.535. The van der Waals surface area contributed by atoms with Gasteiger partial charge in [0, 0.05) is 48.0 Å². The van der Waals surface area contributed by atoms with E-state index in [2.05, 4.69) is 4.98 Å². The monoisotopic (exact) mass is 347 g/mol. The highest BCUT2D eigenvalue weighted by molar-refractivity contribution is 6.32. The first-order valence-corrected chi connectivity index (χ1v) is 7.96. The Morgan fingerprint density at radius 1 is 1.38 bits per heavy atom. The summed E-state index contributed by atoms with van der Waals surface area (Å²) in [5, 5.41) is 0.617. The van der Waals surface area contributed by atoms with Gasteiger partial charge in [0.05, 0.1) is 7.11 Å². The van der Waals surface area contributed by atoms with Crippen LogP contribution in [0.4, 0.5) is 0 Å². The number of halogens is 1. The number of pyridine rings is 1. The number of ether oxygens (including phenoxy) is 1. The Labute approximate surface area is 147 Å². The van der Waals surface area contributed by atoms with Gasteiger partial charge in [0.15, 0.2) is 0 Å². The van der Waals surface area contributed by atoms with Gasteiger partial charge in [-0.1, -0.05) is 17.7 Å². The van der Waals surface area contributed by atoms with Crippen LogP contribution in [-0.2, 0) is 0 Å². The van der Waals surface area contributed by atoms with Crippen LogP contribution in [0.1, 0.15) is 34.6 Å². The highest BCUT2D eigenvalue weighted by Gasteiger charge is 2.20. The lowest BCUT2D eigenvalue weighted by Crippen LogP contribution is -2.22. The molecular formula is C18H22ClN3O2. The van der Waals surface area contributed by atoms with Crippen LogP contribution < -0.4 is 10.5 Å². The number of nitrogens with zero attached hydrogens (tertiary/aromatic N) is 2. The molecule has 0 fully saturated rings. The molecule has 0 aliphatic rings. The second-order valence-corrected chi connectivity index (χ2v) is 6.31. The number of nitrogens with two attached hydrogens (primary N) is 1. The second kappa shape index (κ2) is 7.20. The zero-order valence-corrected chi connectivity index (χ0v) is 15.3. The zero-order chi connectivity index (χ0) is 18.0. The maximum Gasteiger partial charge on any atom is 0.271 e. The van der Waals surface area contributed by atoms with E-state index in [1.165, 1.54) is 4.90 Å². The smallest absolute Gasteiger partial charge is 0.271 e. The molecule has 6 heteroatoms. The van der Waals surface area contributed by atoms with E-state index in [0.29, 0.717) is 16.5 Å². The Morgan fingerprint density at radius 2 is 2.04 bits per heavy atom. The van der Waals surface area contributed by atoms with E-state index in [9.17, 15) is 4.79 Å². The number of carbonyl (C=O) groups excluding carboxylic acids is 1. The maximum atomic E-state index is 12.0. The van der Waals surface area contributed by atoms with E-state index >= 15 is 0 Å². The van der Waals surface area contributed by atoms with E-state index < -0.39 is 0 Å². The Morgan fingerprint density at radius 3 is 2.50 bits per heavy atom. The van der Waals surface area contributed by atoms with E-state index in [4.69, 9.17) is 22.1 Å². The van der Waals surface area contributed by atoms with E-state index in [-0.39, 0.29) is 11.9 Å². The van der Waals surface area contributed by atoms with Gasteiger partial charge in [-0.2, -0.15) is 0 Å². The molecule has 0 radical (unpaired) electrons. The topological polar surface area (TPSA) is 68.5 Å². The lowest BCUT2D eigenvalue weighted by Gasteiger charge is -2.20. The fourth-order valence-electron chi connectivity index (χ4n) is 2.55. The molecule has 0 saturated heterocycles. The number of carbonyl (C=O) groups is 1. The van der Waals surface area contributed by atoms with Gasteiger partial charge in [-0.3, -0.25) is 9.78 Å². The predicted octanol–water partition coefficient (Wildman–Crippen LogP) is 3.44. The first-order valence-electron chi connectivity index (χ1n) is 7.58. The molecule has 0 bridgehead atoms. The van der Waals surface area contributed by atoms with Crippen molar-refractivity contribution < 1.29 is 9.53 Å². The standard InChI is InChI=1S/C18H22ClN3O2/c1-10-14(19)8-13(11(2)20)17(24-5)16(10)12-6-7-15(21-9-12)18(23)22(3)4/h6-9,11H,20H2,1-5H3/t11-/m0/s1. The summed E-state index contributed by atoms with van der Waals surface area (Å²) in [7, 11) is 4.99. The molecule has 1 amide bonds. The van der Waals surface area contributed by atoms with Crippen molar-refractivity contribution >= 4 is 17.5 Å². The third kappa shape index (κ3) is 3.37. The summed E-state index contributed by atoms with van der Waals surface area (Å²) in [5.41, 5.74) is 9.81. The average Bonchev–Trinajstić information content (AvgIpc) is 2.55. The molecule has 1 aromatic carbocycles. The summed E-state index contributed by atoms with van der Waals surface area (Å²) >= 11 is 6.37. The fraction of sp³-hybridized carbons (Fsp3) is 0.333. The molecule has 1 aromatic heterocycles. The van der Waals surface area contributed by atoms with E-state index in [1.54, 1.807) is 33.5 Å². The third-order valence-electron chi connectivity index (χ3n) is 3.88. The van der Waals surface area contributed by atoms with Crippen molar-refractivity contribution in [2.45, 2.75) is 19.9 Å². The van der Waals surface area contributed by atoms with Gasteiger partial charge in [-0.25, -0.2) is 0 Å². The van der Waals surface area contributed by atoms with Crippen molar-refractivity contribution in [3.8, 4) is 16.9 Å². The van der Waals surface area contributed by atoms with Crippen molar-refractivity contribution in [2.75, 3.05) is 21.2 Å². The van der Waals surface area contributed by atoms with Crippen LogP contribution in [0, 0.1) is 6.92 Å². The Hall–Kier alpha value is -2.11. The first-order chi connectivity index (χ1) is 11.3. The van der Waals surface area contributed by atoms with Gasteiger partial charge < -0.3 is 15.4 Å². The van der Waals surface area contributed by atoms with Gasteiger partial charge >= 0.3 is 0 Å². The lowest BCUT2D eigenvalue weighted by molar-refractivity contribution is 0.0822. The number of rotatable bonds is 4. The Kier molecular flexibility index (Phi) is 5.47. The zero-order valence-electron chi connectivity index (χ0n) is 14.6. The molecule has 0 spiro atoms. The molecule has 24 heavy (non-hydrogen) atoms. The van der Waals surface area contributed by atoms with Gasteiger partial charge in [0.25, 0.3) is 5.91 Å². The minimum absolute atomic E-state index is 0.146. The molecular weight excluding hydrogens is 326 g/mol. The van der Waals surface area contributed by atoms with Crippen molar-refractivity contribution in [1.82, 2.24) is 9.88 Å². The van der Waals surface area contributed by atoms with Crippen molar-refractivity contribution in [3.63, 3.8) is 0 Å². The molecule has 1 heterocycles. The molecule has 2 N–H and O–H groups in total. The van der Waals surface area contributed by atoms with Gasteiger partial charge in [-0.05, 0) is 31.5 Å². The molecule has 0 saturated carbocycles. The van der Waals surface area contributed by atoms with Crippen LogP contribution >= 0.6 is 11.6 Å². The number of amides is 1. The SMILES string of the molecule is COc1c([C@H](C)N)cc(Cl)c(C)c1-c1ccc(C(=O)N(C)C)nc1. The van der Waals surface area contributed by atoms with Gasteiger partial charge in [0.1, 0.15) is 11.4 Å². The van der Waals surface area contributed by atoms with Crippen molar-refractivity contribution in [1.29, 1.82) is 0 Å². The van der Waals surface area contributed by atoms with Crippen molar-refractivity contribution in [3.05, 3.63) is 46.2 Å². The number of aromatic nitrogens is 1. The van der Waals surface area contributed by atoms with Crippen LogP contribution in [-0.4, -0.2) is 37.0 Å². The highest BCUT2D eigenvalue weighted by atomic mass is 35.5. The number of hydrogen-bond donors (Lipinski definition) is 1. The van der Waals surface area contributed by atoms with Gasteiger partial charge in [0.2, 0.25) is 0 Å². The number of hydrogen-bond acceptors (Lipinski definition) is 4. The summed E-state index contributed by atoms with van der Waals surface area (Å²) < 4.78 is 5.60. The Bertz CT molecular complexity index is 756. The molecule has 5 nitrogen and oxygen atoms in total. The van der Waals surface area contributed by atoms with E-state index in [0.717, 1.165) is 22.3 Å². The quantitative estimate of drug-likeness (QED) is 0.919. The minimum atomic E-state index is -0.223. The summed E-state index contributed by atoms with van der Waals surface area (Å²) in [4.78, 5) is 17.7. The van der Waals surface area contributed by atoms with Crippen LogP contribution in [0.15, 0.2) is 24.4 Å². The molecule has 2 aromatic rings. The summed E-state index contributed by atoms with van der Waals surface area (Å²) in [6, 6.07) is 5.15. The maximum absolute atomic E-state index is 12.0. The fourth-order valence-corrected chi connectivity index (χ4v) is 2.76. The average molecular weight is 348 g/mol. The predicted molar refractivity (Wildman–Crippen MR) is 96.6 cm³/mol.